The molecule has 0 heterocycles. The van der Waals surface area contributed by atoms with Crippen molar-refractivity contribution in [1.29, 1.82) is 0 Å². The number of rotatable bonds is 5. The monoisotopic (exact) mass is 296 g/mol. The molecule has 1 fully saturated rings. The van der Waals surface area contributed by atoms with Crippen molar-refractivity contribution in [2.24, 2.45) is 11.7 Å². The van der Waals surface area contributed by atoms with Crippen LogP contribution in [0.25, 0.3) is 0 Å². The van der Waals surface area contributed by atoms with Gasteiger partial charge < -0.3 is 5.73 Å². The Morgan fingerprint density at radius 3 is 2.71 bits per heavy atom. The average Bonchev–Trinajstić information content (AvgIpc) is 3.08. The summed E-state index contributed by atoms with van der Waals surface area (Å²) in [7, 11) is 2.19. The normalized spacial score (nSPS) is 17.5. The van der Waals surface area contributed by atoms with Crippen molar-refractivity contribution in [3.05, 3.63) is 33.8 Å². The van der Waals surface area contributed by atoms with E-state index in [9.17, 15) is 0 Å². The first-order valence-electron chi connectivity index (χ1n) is 6.28. The van der Waals surface area contributed by atoms with E-state index in [0.29, 0.717) is 12.6 Å². The lowest BCUT2D eigenvalue weighted by Gasteiger charge is -2.27. The van der Waals surface area contributed by atoms with Gasteiger partial charge in [0, 0.05) is 23.6 Å². The third kappa shape index (κ3) is 3.30. The van der Waals surface area contributed by atoms with Crippen LogP contribution in [-0.2, 0) is 0 Å². The summed E-state index contributed by atoms with van der Waals surface area (Å²) in [6.45, 7) is 3.99. The van der Waals surface area contributed by atoms with Gasteiger partial charge in [-0.2, -0.15) is 0 Å². The molecule has 1 aliphatic carbocycles. The summed E-state index contributed by atoms with van der Waals surface area (Å²) < 4.78 is 1.17. The molecule has 2 rings (SSSR count). The van der Waals surface area contributed by atoms with E-state index in [2.05, 4.69) is 53.0 Å². The molecule has 0 aliphatic heterocycles. The number of nitrogens with zero attached hydrogens (tertiary/aromatic N) is 1. The molecule has 17 heavy (non-hydrogen) atoms. The molecule has 1 atom stereocenters. The molecule has 1 unspecified atom stereocenters. The van der Waals surface area contributed by atoms with Gasteiger partial charge in [0.05, 0.1) is 0 Å². The minimum atomic E-state index is 0.349. The maximum absolute atomic E-state index is 5.94. The Hall–Kier alpha value is -0.380. The molecule has 2 N–H and O–H groups in total. The van der Waals surface area contributed by atoms with Gasteiger partial charge in [-0.05, 0) is 49.9 Å². The van der Waals surface area contributed by atoms with E-state index in [4.69, 9.17) is 5.73 Å². The number of likely N-dealkylation sites (N-methyl/N-ethyl adjacent to an activating group) is 1. The molecule has 0 saturated heterocycles. The summed E-state index contributed by atoms with van der Waals surface area (Å²) in [4.78, 5) is 2.40. The fraction of sp³-hybridized carbons (Fsp3) is 0.571. The highest BCUT2D eigenvalue weighted by molar-refractivity contribution is 9.10. The lowest BCUT2D eigenvalue weighted by molar-refractivity contribution is 0.240. The highest BCUT2D eigenvalue weighted by Gasteiger charge is 2.26. The topological polar surface area (TPSA) is 29.3 Å². The minimum absolute atomic E-state index is 0.349. The quantitative estimate of drug-likeness (QED) is 0.905. The minimum Gasteiger partial charge on any atom is -0.329 e. The highest BCUT2D eigenvalue weighted by atomic mass is 79.9. The Balaban J connectivity index is 2.12. The van der Waals surface area contributed by atoms with E-state index in [1.165, 1.54) is 35.0 Å². The van der Waals surface area contributed by atoms with Crippen molar-refractivity contribution in [1.82, 2.24) is 4.90 Å². The van der Waals surface area contributed by atoms with Gasteiger partial charge in [-0.15, -0.1) is 0 Å². The third-order valence-electron chi connectivity index (χ3n) is 3.57. The largest absolute Gasteiger partial charge is 0.329 e. The maximum Gasteiger partial charge on any atom is 0.0467 e. The number of nitrogens with two attached hydrogens (primary N) is 1. The molecule has 1 saturated carbocycles. The van der Waals surface area contributed by atoms with Crippen LogP contribution in [0.4, 0.5) is 0 Å². The van der Waals surface area contributed by atoms with Crippen LogP contribution in [-0.4, -0.2) is 25.0 Å². The Labute approximate surface area is 112 Å². The second-order valence-electron chi connectivity index (χ2n) is 5.14. The van der Waals surface area contributed by atoms with Crippen LogP contribution < -0.4 is 5.73 Å². The number of hydrogen-bond donors (Lipinski definition) is 1. The van der Waals surface area contributed by atoms with Crippen LogP contribution >= 0.6 is 15.9 Å². The van der Waals surface area contributed by atoms with Gasteiger partial charge in [0.25, 0.3) is 0 Å². The Kier molecular flexibility index (Phi) is 4.23. The molecule has 3 heteroatoms. The summed E-state index contributed by atoms with van der Waals surface area (Å²) in [5.41, 5.74) is 8.55. The predicted molar refractivity (Wildman–Crippen MR) is 76.0 cm³/mol. The Bertz CT molecular complexity index is 388. The van der Waals surface area contributed by atoms with Crippen molar-refractivity contribution in [2.75, 3.05) is 20.1 Å². The van der Waals surface area contributed by atoms with Crippen LogP contribution in [0.5, 0.6) is 0 Å². The zero-order valence-corrected chi connectivity index (χ0v) is 12.2. The van der Waals surface area contributed by atoms with E-state index < -0.39 is 0 Å². The van der Waals surface area contributed by atoms with E-state index in [0.717, 1.165) is 5.92 Å². The van der Waals surface area contributed by atoms with Crippen molar-refractivity contribution in [2.45, 2.75) is 25.8 Å². The van der Waals surface area contributed by atoms with Crippen LogP contribution in [0, 0.1) is 12.8 Å². The van der Waals surface area contributed by atoms with Gasteiger partial charge >= 0.3 is 0 Å². The second-order valence-corrected chi connectivity index (χ2v) is 6.00. The molecule has 0 amide bonds. The summed E-state index contributed by atoms with van der Waals surface area (Å²) in [6.07, 6.45) is 2.78. The molecule has 1 aromatic rings. The summed E-state index contributed by atoms with van der Waals surface area (Å²) in [5, 5.41) is 0. The number of benzene rings is 1. The third-order valence-corrected chi connectivity index (χ3v) is 4.45. The molecule has 0 bridgehead atoms. The van der Waals surface area contributed by atoms with E-state index in [1.807, 2.05) is 0 Å². The lowest BCUT2D eigenvalue weighted by Crippen LogP contribution is -2.32. The van der Waals surface area contributed by atoms with Crippen LogP contribution in [0.1, 0.15) is 30.0 Å². The van der Waals surface area contributed by atoms with Crippen molar-refractivity contribution < 1.29 is 0 Å². The van der Waals surface area contributed by atoms with Gasteiger partial charge in [0.1, 0.15) is 0 Å². The Morgan fingerprint density at radius 1 is 1.47 bits per heavy atom. The van der Waals surface area contributed by atoms with Crippen LogP contribution in [0.15, 0.2) is 22.7 Å². The Morgan fingerprint density at radius 2 is 2.18 bits per heavy atom. The molecule has 94 valence electrons. The zero-order valence-electron chi connectivity index (χ0n) is 10.6. The molecular formula is C14H21BrN2. The van der Waals surface area contributed by atoms with Gasteiger partial charge in [-0.3, -0.25) is 4.90 Å². The summed E-state index contributed by atoms with van der Waals surface area (Å²) in [5.74, 6) is 0.908. The SMILES string of the molecule is Cc1cc(C(CN)N(C)CC2CC2)ccc1Br. The predicted octanol–water partition coefficient (Wildman–Crippen LogP) is 3.10. The summed E-state index contributed by atoms with van der Waals surface area (Å²) >= 11 is 3.54. The van der Waals surface area contributed by atoms with Crippen molar-refractivity contribution in [3.63, 3.8) is 0 Å². The summed E-state index contributed by atoms with van der Waals surface area (Å²) in [6, 6.07) is 6.89. The molecule has 1 aliphatic rings. The first kappa shape index (κ1) is 13.1. The number of aryl methyl sites for hydroxylation is 1. The molecular weight excluding hydrogens is 276 g/mol. The fourth-order valence-corrected chi connectivity index (χ4v) is 2.53. The van der Waals surface area contributed by atoms with Gasteiger partial charge in [0.2, 0.25) is 0 Å². The fourth-order valence-electron chi connectivity index (χ4n) is 2.28. The first-order valence-corrected chi connectivity index (χ1v) is 7.07. The first-order chi connectivity index (χ1) is 8.11. The van der Waals surface area contributed by atoms with E-state index in [1.54, 1.807) is 0 Å². The van der Waals surface area contributed by atoms with Crippen molar-refractivity contribution >= 4 is 15.9 Å². The standard InChI is InChI=1S/C14H21BrN2/c1-10-7-12(5-6-13(10)15)14(8-16)17(2)9-11-3-4-11/h5-7,11,14H,3-4,8-9,16H2,1-2H3. The smallest absolute Gasteiger partial charge is 0.0467 e. The van der Waals surface area contributed by atoms with Gasteiger partial charge in [-0.25, -0.2) is 0 Å². The molecule has 0 spiro atoms. The van der Waals surface area contributed by atoms with E-state index in [-0.39, 0.29) is 0 Å². The highest BCUT2D eigenvalue weighted by Crippen LogP contribution is 2.32. The zero-order chi connectivity index (χ0) is 12.4. The average molecular weight is 297 g/mol. The molecule has 2 nitrogen and oxygen atoms in total. The molecule has 0 aromatic heterocycles. The molecule has 1 aromatic carbocycles. The van der Waals surface area contributed by atoms with Gasteiger partial charge in [0.15, 0.2) is 0 Å². The maximum atomic E-state index is 5.94. The number of halogens is 1. The molecule has 0 radical (unpaired) electrons. The second kappa shape index (κ2) is 5.51. The van der Waals surface area contributed by atoms with Crippen LogP contribution in [0.2, 0.25) is 0 Å². The van der Waals surface area contributed by atoms with Crippen molar-refractivity contribution in [3.8, 4) is 0 Å². The van der Waals surface area contributed by atoms with Crippen LogP contribution in [0.3, 0.4) is 0 Å². The number of hydrogen-bond acceptors (Lipinski definition) is 2. The lowest BCUT2D eigenvalue weighted by atomic mass is 10.0. The van der Waals surface area contributed by atoms with Gasteiger partial charge in [-0.1, -0.05) is 28.1 Å². The van der Waals surface area contributed by atoms with E-state index >= 15 is 0 Å².